The first-order chi connectivity index (χ1) is 15.4. The summed E-state index contributed by atoms with van der Waals surface area (Å²) in [5, 5.41) is 8.96. The summed E-state index contributed by atoms with van der Waals surface area (Å²) in [6.45, 7) is 3.04. The zero-order valence-corrected chi connectivity index (χ0v) is 18.9. The molecule has 1 aliphatic carbocycles. The van der Waals surface area contributed by atoms with Crippen LogP contribution in [-0.4, -0.2) is 51.4 Å². The highest BCUT2D eigenvalue weighted by molar-refractivity contribution is 7.89. The second-order valence-electron chi connectivity index (χ2n) is 8.42. The first-order valence-electron chi connectivity index (χ1n) is 11.1. The lowest BCUT2D eigenvalue weighted by Crippen LogP contribution is -2.35. The number of benzene rings is 2. The van der Waals surface area contributed by atoms with Gasteiger partial charge in [0.1, 0.15) is 0 Å². The lowest BCUT2D eigenvalue weighted by molar-refractivity contribution is -0.130. The van der Waals surface area contributed by atoms with Gasteiger partial charge in [0.05, 0.1) is 16.5 Å². The van der Waals surface area contributed by atoms with Gasteiger partial charge < -0.3 is 9.80 Å². The fourth-order valence-corrected chi connectivity index (χ4v) is 5.21. The Kier molecular flexibility index (Phi) is 6.77. The average Bonchev–Trinajstić information content (AvgIpc) is 3.64. The smallest absolute Gasteiger partial charge is 0.240 e. The second kappa shape index (κ2) is 9.72. The number of aryl methyl sites for hydroxylation is 1. The van der Waals surface area contributed by atoms with Gasteiger partial charge in [-0.2, -0.15) is 5.26 Å². The molecule has 1 saturated heterocycles. The lowest BCUT2D eigenvalue weighted by atomic mass is 10.1. The van der Waals surface area contributed by atoms with E-state index in [9.17, 15) is 13.2 Å². The number of nitriles is 1. The van der Waals surface area contributed by atoms with Gasteiger partial charge in [0.25, 0.3) is 0 Å². The van der Waals surface area contributed by atoms with Crippen molar-refractivity contribution < 1.29 is 13.2 Å². The zero-order chi connectivity index (χ0) is 22.6. The average molecular weight is 453 g/mol. The zero-order valence-electron chi connectivity index (χ0n) is 18.0. The minimum absolute atomic E-state index is 0.0822. The number of rotatable bonds is 7. The molecule has 0 spiro atoms. The van der Waals surface area contributed by atoms with Gasteiger partial charge in [-0.1, -0.05) is 12.1 Å². The molecule has 0 radical (unpaired) electrons. The third-order valence-corrected chi connectivity index (χ3v) is 7.51. The monoisotopic (exact) mass is 452 g/mol. The molecule has 2 aliphatic rings. The van der Waals surface area contributed by atoms with Gasteiger partial charge >= 0.3 is 0 Å². The van der Waals surface area contributed by atoms with E-state index in [1.165, 1.54) is 0 Å². The van der Waals surface area contributed by atoms with Crippen molar-refractivity contribution in [2.45, 2.75) is 43.0 Å². The first-order valence-corrected chi connectivity index (χ1v) is 12.6. The minimum Gasteiger partial charge on any atom is -0.370 e. The third-order valence-electron chi connectivity index (χ3n) is 5.97. The number of amides is 1. The molecule has 1 aliphatic heterocycles. The van der Waals surface area contributed by atoms with Gasteiger partial charge in [-0.25, -0.2) is 13.1 Å². The van der Waals surface area contributed by atoms with Crippen LogP contribution in [0, 0.1) is 11.3 Å². The summed E-state index contributed by atoms with van der Waals surface area (Å²) in [5.41, 5.74) is 2.67. The molecular weight excluding hydrogens is 424 g/mol. The van der Waals surface area contributed by atoms with E-state index in [-0.39, 0.29) is 16.8 Å². The largest absolute Gasteiger partial charge is 0.370 e. The molecule has 1 saturated carbocycles. The Morgan fingerprint density at radius 1 is 1.00 bits per heavy atom. The molecule has 0 aromatic heterocycles. The summed E-state index contributed by atoms with van der Waals surface area (Å²) in [6.07, 6.45) is 3.70. The molecule has 4 rings (SSSR count). The van der Waals surface area contributed by atoms with Crippen LogP contribution in [0.25, 0.3) is 0 Å². The minimum atomic E-state index is -3.44. The van der Waals surface area contributed by atoms with E-state index in [0.29, 0.717) is 24.9 Å². The van der Waals surface area contributed by atoms with Gasteiger partial charge in [0.2, 0.25) is 15.9 Å². The van der Waals surface area contributed by atoms with Crippen LogP contribution in [0.15, 0.2) is 53.4 Å². The van der Waals surface area contributed by atoms with Crippen molar-refractivity contribution in [3.05, 3.63) is 59.7 Å². The summed E-state index contributed by atoms with van der Waals surface area (Å²) < 4.78 is 27.2. The molecule has 168 valence electrons. The maximum absolute atomic E-state index is 12.8. The van der Waals surface area contributed by atoms with Crippen molar-refractivity contribution in [3.63, 3.8) is 0 Å². The van der Waals surface area contributed by atoms with Crippen LogP contribution in [0.4, 0.5) is 5.69 Å². The van der Waals surface area contributed by atoms with Crippen LogP contribution in [0.1, 0.15) is 36.8 Å². The normalized spacial score (nSPS) is 17.0. The number of hydrogen-bond donors (Lipinski definition) is 1. The van der Waals surface area contributed by atoms with Gasteiger partial charge in [-0.05, 0) is 67.6 Å². The van der Waals surface area contributed by atoms with Crippen LogP contribution in [-0.2, 0) is 21.2 Å². The van der Waals surface area contributed by atoms with E-state index < -0.39 is 10.0 Å². The Hall–Kier alpha value is -2.89. The van der Waals surface area contributed by atoms with E-state index in [1.807, 2.05) is 29.2 Å². The first kappa shape index (κ1) is 22.3. The highest BCUT2D eigenvalue weighted by atomic mass is 32.2. The van der Waals surface area contributed by atoms with Crippen molar-refractivity contribution in [2.75, 3.05) is 31.1 Å². The fraction of sp³-hybridized carbons (Fsp3) is 0.417. The van der Waals surface area contributed by atoms with E-state index in [1.54, 1.807) is 24.3 Å². The van der Waals surface area contributed by atoms with Crippen LogP contribution in [0.3, 0.4) is 0 Å². The Balaban J connectivity index is 1.28. The molecule has 1 amide bonds. The molecule has 1 N–H and O–H groups in total. The van der Waals surface area contributed by atoms with E-state index in [2.05, 4.69) is 15.7 Å². The maximum atomic E-state index is 12.8. The summed E-state index contributed by atoms with van der Waals surface area (Å²) in [5.74, 6) is 0.124. The Morgan fingerprint density at radius 2 is 1.72 bits per heavy atom. The Labute approximate surface area is 189 Å². The van der Waals surface area contributed by atoms with Crippen molar-refractivity contribution in [1.29, 1.82) is 5.26 Å². The van der Waals surface area contributed by atoms with Crippen LogP contribution < -0.4 is 9.62 Å². The quantitative estimate of drug-likeness (QED) is 0.697. The summed E-state index contributed by atoms with van der Waals surface area (Å²) in [7, 11) is -3.44. The lowest BCUT2D eigenvalue weighted by Gasteiger charge is -2.24. The van der Waals surface area contributed by atoms with Gasteiger partial charge in [-0.3, -0.25) is 4.79 Å². The van der Waals surface area contributed by atoms with Crippen LogP contribution >= 0.6 is 0 Å². The Morgan fingerprint density at radius 3 is 2.38 bits per heavy atom. The third kappa shape index (κ3) is 5.67. The van der Waals surface area contributed by atoms with Crippen molar-refractivity contribution in [3.8, 4) is 6.07 Å². The molecule has 2 fully saturated rings. The highest BCUT2D eigenvalue weighted by Gasteiger charge is 2.27. The summed E-state index contributed by atoms with van der Waals surface area (Å²) in [6, 6.07) is 16.6. The van der Waals surface area contributed by atoms with Crippen molar-refractivity contribution in [2.24, 2.45) is 0 Å². The number of anilines is 1. The van der Waals surface area contributed by atoms with E-state index >= 15 is 0 Å². The highest BCUT2D eigenvalue weighted by Crippen LogP contribution is 2.22. The summed E-state index contributed by atoms with van der Waals surface area (Å²) in [4.78, 5) is 17.2. The predicted octanol–water partition coefficient (Wildman–Crippen LogP) is 2.67. The molecular formula is C24H28N4O3S. The Bertz CT molecular complexity index is 1090. The number of hydrogen-bond acceptors (Lipinski definition) is 5. The molecule has 1 heterocycles. The number of carbonyl (C=O) groups is 1. The van der Waals surface area contributed by atoms with Crippen molar-refractivity contribution in [1.82, 2.24) is 9.62 Å². The standard InChI is InChI=1S/C24H28N4O3S/c25-18-20-2-9-22(10-3-20)27-14-1-15-28(17-16-27)24(29)13-6-19-4-11-23(12-5-19)32(30,31)26-21-7-8-21/h2-5,9-12,21,26H,1,6-8,13-17H2. The van der Waals surface area contributed by atoms with Gasteiger partial charge in [0, 0.05) is 44.3 Å². The second-order valence-corrected chi connectivity index (χ2v) is 10.1. The molecule has 0 atom stereocenters. The number of nitrogens with zero attached hydrogens (tertiary/aromatic N) is 3. The SMILES string of the molecule is N#Cc1ccc(N2CCCN(C(=O)CCc3ccc(S(=O)(=O)NC4CC4)cc3)CC2)cc1. The number of nitrogens with one attached hydrogen (secondary N) is 1. The maximum Gasteiger partial charge on any atom is 0.240 e. The predicted molar refractivity (Wildman–Crippen MR) is 123 cm³/mol. The van der Waals surface area contributed by atoms with Crippen molar-refractivity contribution >= 4 is 21.6 Å². The van der Waals surface area contributed by atoms with Gasteiger partial charge in [-0.15, -0.1) is 0 Å². The van der Waals surface area contributed by atoms with E-state index in [4.69, 9.17) is 5.26 Å². The summed E-state index contributed by atoms with van der Waals surface area (Å²) >= 11 is 0. The molecule has 8 heteroatoms. The van der Waals surface area contributed by atoms with Crippen LogP contribution in [0.5, 0.6) is 0 Å². The molecule has 7 nitrogen and oxygen atoms in total. The molecule has 32 heavy (non-hydrogen) atoms. The molecule has 0 unspecified atom stereocenters. The number of sulfonamides is 1. The molecule has 2 aromatic rings. The molecule has 2 aromatic carbocycles. The topological polar surface area (TPSA) is 93.5 Å². The fourth-order valence-electron chi connectivity index (χ4n) is 3.91. The number of carbonyl (C=O) groups excluding carboxylic acids is 1. The van der Waals surface area contributed by atoms with Gasteiger partial charge in [0.15, 0.2) is 0 Å². The molecule has 0 bridgehead atoms. The van der Waals surface area contributed by atoms with Crippen LogP contribution in [0.2, 0.25) is 0 Å². The van der Waals surface area contributed by atoms with E-state index in [0.717, 1.165) is 50.1 Å².